The van der Waals surface area contributed by atoms with Gasteiger partial charge in [0.15, 0.2) is 0 Å². The predicted octanol–water partition coefficient (Wildman–Crippen LogP) is 6.28. The summed E-state index contributed by atoms with van der Waals surface area (Å²) < 4.78 is 8.02. The lowest BCUT2D eigenvalue weighted by atomic mass is 10.2. The van der Waals surface area contributed by atoms with Crippen LogP contribution in [-0.2, 0) is 11.4 Å². The first-order valence-corrected chi connectivity index (χ1v) is 10.6. The van der Waals surface area contributed by atoms with Crippen molar-refractivity contribution in [2.45, 2.75) is 6.61 Å². The Balaban J connectivity index is 1.82. The Kier molecular flexibility index (Phi) is 6.45. The summed E-state index contributed by atoms with van der Waals surface area (Å²) in [6.45, 7) is 0.352. The maximum Gasteiger partial charge on any atom is 0.265 e. The van der Waals surface area contributed by atoms with Gasteiger partial charge in [-0.15, -0.1) is 0 Å². The Labute approximate surface area is 183 Å². The minimum absolute atomic E-state index is 0.0914. The summed E-state index contributed by atoms with van der Waals surface area (Å²) in [6, 6.07) is 11.3. The van der Waals surface area contributed by atoms with Gasteiger partial charge in [-0.1, -0.05) is 53.8 Å². The monoisotopic (exact) mass is 531 g/mol. The van der Waals surface area contributed by atoms with Crippen LogP contribution in [0.1, 0.15) is 11.1 Å². The first-order chi connectivity index (χ1) is 12.4. The van der Waals surface area contributed by atoms with E-state index in [1.54, 1.807) is 7.05 Å². The summed E-state index contributed by atoms with van der Waals surface area (Å²) in [5.41, 5.74) is 1.77. The lowest BCUT2D eigenvalue weighted by Gasteiger charge is -2.12. The molecule has 1 fully saturated rings. The normalized spacial score (nSPS) is 15.8. The number of hydrogen-bond donors (Lipinski definition) is 0. The third-order valence-corrected chi connectivity index (χ3v) is 6.67. The number of likely N-dealkylation sites (N-methyl/N-ethyl adjacent to an activating group) is 1. The van der Waals surface area contributed by atoms with Crippen LogP contribution in [0.4, 0.5) is 0 Å². The van der Waals surface area contributed by atoms with Gasteiger partial charge in [0.1, 0.15) is 16.7 Å². The summed E-state index contributed by atoms with van der Waals surface area (Å²) in [4.78, 5) is 14.2. The predicted molar refractivity (Wildman–Crippen MR) is 119 cm³/mol. The second kappa shape index (κ2) is 8.44. The number of thioether (sulfide) groups is 1. The number of ether oxygens (including phenoxy) is 1. The molecule has 1 saturated heterocycles. The van der Waals surface area contributed by atoms with E-state index < -0.39 is 0 Å². The van der Waals surface area contributed by atoms with Crippen molar-refractivity contribution >= 4 is 83.7 Å². The number of carbonyl (C=O) groups is 1. The minimum atomic E-state index is -0.0914. The molecule has 0 bridgehead atoms. The summed E-state index contributed by atoms with van der Waals surface area (Å²) in [5.74, 6) is 0.580. The van der Waals surface area contributed by atoms with E-state index in [4.69, 9.17) is 28.6 Å². The Morgan fingerprint density at radius 1 is 1.27 bits per heavy atom. The zero-order valence-corrected chi connectivity index (χ0v) is 19.0. The number of halogens is 3. The van der Waals surface area contributed by atoms with E-state index in [9.17, 15) is 4.79 Å². The van der Waals surface area contributed by atoms with Gasteiger partial charge < -0.3 is 4.74 Å². The summed E-state index contributed by atoms with van der Waals surface area (Å²) in [7, 11) is 1.68. The van der Waals surface area contributed by atoms with Gasteiger partial charge in [0.25, 0.3) is 5.91 Å². The van der Waals surface area contributed by atoms with Crippen molar-refractivity contribution in [1.29, 1.82) is 0 Å². The van der Waals surface area contributed by atoms with Crippen LogP contribution in [0.3, 0.4) is 0 Å². The Morgan fingerprint density at radius 3 is 2.50 bits per heavy atom. The highest BCUT2D eigenvalue weighted by Gasteiger charge is 2.28. The molecule has 0 aliphatic carbocycles. The molecular formula is C18H12Br2ClNO2S2. The highest BCUT2D eigenvalue weighted by atomic mass is 79.9. The fourth-order valence-corrected chi connectivity index (χ4v) is 5.08. The second-order valence-electron chi connectivity index (χ2n) is 5.43. The second-order valence-corrected chi connectivity index (χ2v) is 9.23. The van der Waals surface area contributed by atoms with Crippen molar-refractivity contribution in [3.8, 4) is 5.75 Å². The molecule has 1 aliphatic heterocycles. The number of benzene rings is 2. The molecule has 3 nitrogen and oxygen atoms in total. The zero-order chi connectivity index (χ0) is 18.8. The molecule has 0 aromatic heterocycles. The highest BCUT2D eigenvalue weighted by molar-refractivity contribution is 9.11. The first-order valence-electron chi connectivity index (χ1n) is 7.43. The standard InChI is InChI=1S/C18H12Br2ClNO2S2/c1-22-17(23)15(26-18(22)25)8-10-6-12(19)16(13(20)7-10)24-9-11-4-2-3-5-14(11)21/h2-8H,9H2,1H3. The molecule has 1 heterocycles. The third-order valence-electron chi connectivity index (χ3n) is 3.63. The molecule has 0 radical (unpaired) electrons. The van der Waals surface area contributed by atoms with Crippen LogP contribution in [0.5, 0.6) is 5.75 Å². The van der Waals surface area contributed by atoms with Crippen LogP contribution in [0.2, 0.25) is 5.02 Å². The fraction of sp³-hybridized carbons (Fsp3) is 0.111. The summed E-state index contributed by atoms with van der Waals surface area (Å²) >= 11 is 19.7. The van der Waals surface area contributed by atoms with Crippen LogP contribution in [-0.4, -0.2) is 22.2 Å². The molecule has 134 valence electrons. The van der Waals surface area contributed by atoms with E-state index in [0.29, 0.717) is 26.6 Å². The molecule has 0 unspecified atom stereocenters. The van der Waals surface area contributed by atoms with Crippen LogP contribution >= 0.6 is 67.4 Å². The van der Waals surface area contributed by atoms with Crippen LogP contribution in [0, 0.1) is 0 Å². The van der Waals surface area contributed by atoms with E-state index in [1.807, 2.05) is 42.5 Å². The Hall–Kier alpha value is -0.860. The molecule has 1 amide bonds. The number of amides is 1. The van der Waals surface area contributed by atoms with Crippen molar-refractivity contribution in [3.05, 3.63) is 66.4 Å². The number of nitrogens with zero attached hydrogens (tertiary/aromatic N) is 1. The van der Waals surface area contributed by atoms with E-state index in [2.05, 4.69) is 31.9 Å². The lowest BCUT2D eigenvalue weighted by molar-refractivity contribution is -0.121. The molecule has 2 aromatic carbocycles. The van der Waals surface area contributed by atoms with Gasteiger partial charge in [-0.2, -0.15) is 0 Å². The van der Waals surface area contributed by atoms with E-state index in [1.165, 1.54) is 16.7 Å². The quantitative estimate of drug-likeness (QED) is 0.342. The molecule has 0 N–H and O–H groups in total. The SMILES string of the molecule is CN1C(=O)C(=Cc2cc(Br)c(OCc3ccccc3Cl)c(Br)c2)SC1=S. The smallest absolute Gasteiger partial charge is 0.265 e. The zero-order valence-electron chi connectivity index (χ0n) is 13.5. The van der Waals surface area contributed by atoms with E-state index in [-0.39, 0.29) is 5.91 Å². The molecule has 1 aliphatic rings. The number of rotatable bonds is 4. The van der Waals surface area contributed by atoms with Crippen LogP contribution in [0.15, 0.2) is 50.2 Å². The van der Waals surface area contributed by atoms with Gasteiger partial charge in [-0.25, -0.2) is 0 Å². The molecule has 3 rings (SSSR count). The molecule has 26 heavy (non-hydrogen) atoms. The van der Waals surface area contributed by atoms with Crippen molar-refractivity contribution in [2.24, 2.45) is 0 Å². The topological polar surface area (TPSA) is 29.5 Å². The van der Waals surface area contributed by atoms with Gasteiger partial charge in [-0.05, 0) is 61.7 Å². The fourth-order valence-electron chi connectivity index (χ4n) is 2.26. The molecule has 2 aromatic rings. The van der Waals surface area contributed by atoms with Crippen molar-refractivity contribution in [2.75, 3.05) is 7.05 Å². The van der Waals surface area contributed by atoms with Crippen molar-refractivity contribution in [3.63, 3.8) is 0 Å². The average molecular weight is 534 g/mol. The molecule has 0 atom stereocenters. The van der Waals surface area contributed by atoms with Crippen LogP contribution < -0.4 is 4.74 Å². The average Bonchev–Trinajstić information content (AvgIpc) is 2.82. The first kappa shape index (κ1) is 19.9. The lowest BCUT2D eigenvalue weighted by Crippen LogP contribution is -2.22. The molecule has 0 saturated carbocycles. The number of thiocarbonyl (C=S) groups is 1. The summed E-state index contributed by atoms with van der Waals surface area (Å²) in [6.07, 6.45) is 1.82. The van der Waals surface area contributed by atoms with Gasteiger partial charge >= 0.3 is 0 Å². The minimum Gasteiger partial charge on any atom is -0.486 e. The number of carbonyl (C=O) groups excluding carboxylic acids is 1. The van der Waals surface area contributed by atoms with Gasteiger partial charge in [0.2, 0.25) is 0 Å². The molecular weight excluding hydrogens is 522 g/mol. The van der Waals surface area contributed by atoms with Crippen molar-refractivity contribution < 1.29 is 9.53 Å². The summed E-state index contributed by atoms with van der Waals surface area (Å²) in [5, 5.41) is 0.665. The highest BCUT2D eigenvalue weighted by Crippen LogP contribution is 2.38. The maximum absolute atomic E-state index is 12.1. The molecule has 0 spiro atoms. The van der Waals surface area contributed by atoms with E-state index >= 15 is 0 Å². The van der Waals surface area contributed by atoms with Gasteiger partial charge in [0, 0.05) is 17.6 Å². The molecule has 8 heteroatoms. The van der Waals surface area contributed by atoms with Crippen molar-refractivity contribution in [1.82, 2.24) is 4.90 Å². The maximum atomic E-state index is 12.1. The van der Waals surface area contributed by atoms with Gasteiger partial charge in [-0.3, -0.25) is 9.69 Å². The van der Waals surface area contributed by atoms with E-state index in [0.717, 1.165) is 20.1 Å². The Bertz CT molecular complexity index is 910. The third kappa shape index (κ3) is 4.34. The Morgan fingerprint density at radius 2 is 1.92 bits per heavy atom. The largest absolute Gasteiger partial charge is 0.486 e. The van der Waals surface area contributed by atoms with Gasteiger partial charge in [0.05, 0.1) is 13.9 Å². The van der Waals surface area contributed by atoms with Crippen LogP contribution in [0.25, 0.3) is 6.08 Å². The number of hydrogen-bond acceptors (Lipinski definition) is 4.